The van der Waals surface area contributed by atoms with Crippen LogP contribution in [0.25, 0.3) is 5.69 Å². The second kappa shape index (κ2) is 12.0. The summed E-state index contributed by atoms with van der Waals surface area (Å²) < 4.78 is 10.3. The van der Waals surface area contributed by atoms with Crippen molar-refractivity contribution in [2.75, 3.05) is 12.0 Å². The molecule has 3 heterocycles. The molecule has 1 saturated carbocycles. The number of benzene rings is 4. The van der Waals surface area contributed by atoms with E-state index >= 15 is 4.79 Å². The van der Waals surface area contributed by atoms with Gasteiger partial charge in [0.2, 0.25) is 11.8 Å². The number of halogens is 3. The van der Waals surface area contributed by atoms with Crippen molar-refractivity contribution in [2.45, 2.75) is 30.3 Å². The van der Waals surface area contributed by atoms with Crippen molar-refractivity contribution < 1.29 is 19.4 Å². The van der Waals surface area contributed by atoms with Crippen molar-refractivity contribution in [1.82, 2.24) is 13.9 Å². The Morgan fingerprint density at radius 3 is 2.22 bits per heavy atom. The molecule has 13 heteroatoms. The minimum absolute atomic E-state index is 0.0416. The smallest absolute Gasteiger partial charge is 0.352 e. The number of methoxy groups -OCH3 is 1. The molecule has 2 aliphatic heterocycles. The molecular formula is C37H27Br2ClN4O6. The number of amides is 2. The molecule has 252 valence electrons. The summed E-state index contributed by atoms with van der Waals surface area (Å²) in [7, 11) is 1.42. The van der Waals surface area contributed by atoms with Gasteiger partial charge in [-0.2, -0.15) is 0 Å². The molecule has 1 N–H and O–H groups in total. The molecule has 4 unspecified atom stereocenters. The van der Waals surface area contributed by atoms with Crippen LogP contribution in [0.2, 0.25) is 5.02 Å². The van der Waals surface area contributed by atoms with Crippen LogP contribution >= 0.6 is 43.5 Å². The van der Waals surface area contributed by atoms with E-state index < -0.39 is 46.5 Å². The fourth-order valence-corrected chi connectivity index (χ4v) is 9.27. The van der Waals surface area contributed by atoms with E-state index in [2.05, 4.69) is 31.9 Å². The zero-order chi connectivity index (χ0) is 35.1. The molecule has 2 amide bonds. The molecule has 1 saturated heterocycles. The molecule has 4 atom stereocenters. The van der Waals surface area contributed by atoms with Gasteiger partial charge < -0.3 is 9.84 Å². The van der Waals surface area contributed by atoms with Gasteiger partial charge in [0.25, 0.3) is 0 Å². The van der Waals surface area contributed by atoms with Crippen LogP contribution in [-0.2, 0) is 21.5 Å². The first-order chi connectivity index (χ1) is 24.1. The number of phenols is 1. The predicted octanol–water partition coefficient (Wildman–Crippen LogP) is 6.49. The zero-order valence-corrected chi connectivity index (χ0v) is 30.2. The second-order valence-electron chi connectivity index (χ2n) is 12.4. The summed E-state index contributed by atoms with van der Waals surface area (Å²) in [6, 6.07) is 25.3. The van der Waals surface area contributed by atoms with E-state index in [0.717, 1.165) is 4.57 Å². The number of para-hydroxylation sites is 1. The van der Waals surface area contributed by atoms with E-state index in [1.54, 1.807) is 60.7 Å². The van der Waals surface area contributed by atoms with Crippen molar-refractivity contribution in [3.63, 3.8) is 0 Å². The number of carbonyl (C=O) groups excluding carboxylic acids is 2. The van der Waals surface area contributed by atoms with E-state index in [1.807, 2.05) is 36.4 Å². The van der Waals surface area contributed by atoms with E-state index in [4.69, 9.17) is 16.3 Å². The van der Waals surface area contributed by atoms with Crippen LogP contribution in [0.5, 0.6) is 11.5 Å². The molecule has 0 spiro atoms. The van der Waals surface area contributed by atoms with Gasteiger partial charge in [-0.15, -0.1) is 0 Å². The Hall–Kier alpha value is -4.65. The summed E-state index contributed by atoms with van der Waals surface area (Å²) in [6.07, 6.45) is 1.93. The second-order valence-corrected chi connectivity index (χ2v) is 14.5. The highest BCUT2D eigenvalue weighted by atomic mass is 79.9. The first kappa shape index (κ1) is 32.5. The Balaban J connectivity index is 1.46. The lowest BCUT2D eigenvalue weighted by atomic mass is 9.53. The number of anilines is 1. The molecule has 1 aromatic heterocycles. The Bertz CT molecular complexity index is 2390. The summed E-state index contributed by atoms with van der Waals surface area (Å²) in [4.78, 5) is 59.7. The number of imide groups is 1. The van der Waals surface area contributed by atoms with Gasteiger partial charge in [-0.1, -0.05) is 72.3 Å². The van der Waals surface area contributed by atoms with Crippen LogP contribution in [0.1, 0.15) is 29.5 Å². The predicted molar refractivity (Wildman–Crippen MR) is 194 cm³/mol. The third-order valence-corrected chi connectivity index (χ3v) is 12.5. The quantitative estimate of drug-likeness (QED) is 0.160. The third kappa shape index (κ3) is 4.44. The maximum absolute atomic E-state index is 15.4. The topological polar surface area (TPSA) is 116 Å². The fourth-order valence-electron chi connectivity index (χ4n) is 8.13. The number of rotatable bonds is 5. The highest BCUT2D eigenvalue weighted by Crippen LogP contribution is 2.64. The molecule has 8 rings (SSSR count). The summed E-state index contributed by atoms with van der Waals surface area (Å²) in [5, 5.41) is 11.3. The molecule has 0 radical (unpaired) electrons. The van der Waals surface area contributed by atoms with Crippen molar-refractivity contribution in [2.24, 2.45) is 5.92 Å². The number of nitrogens with zero attached hydrogens (tertiary/aromatic N) is 4. The van der Waals surface area contributed by atoms with Gasteiger partial charge in [-0.25, -0.2) is 28.4 Å². The van der Waals surface area contributed by atoms with Gasteiger partial charge in [-0.3, -0.25) is 9.59 Å². The normalized spacial score (nSPS) is 22.5. The van der Waals surface area contributed by atoms with Gasteiger partial charge in [-0.05, 0) is 91.4 Å². The number of aromatic nitrogens is 3. The SMILES string of the molecule is COc1cc(C2C3=CCn4c(=O)n(-c5ccccc5)c(=O)n4C3CC3C(=O)N(c4cccc(Cl)c4)C(=O)C32c2ccccc2)c(Br)c(Br)c1O. The monoisotopic (exact) mass is 816 g/mol. The Labute approximate surface area is 307 Å². The highest BCUT2D eigenvalue weighted by Gasteiger charge is 2.69. The number of ether oxygens (including phenoxy) is 1. The first-order valence-corrected chi connectivity index (χ1v) is 17.7. The van der Waals surface area contributed by atoms with Crippen LogP contribution in [0.4, 0.5) is 5.69 Å². The molecular weight excluding hydrogens is 792 g/mol. The maximum Gasteiger partial charge on any atom is 0.352 e. The average Bonchev–Trinajstić information content (AvgIpc) is 3.52. The molecule has 10 nitrogen and oxygen atoms in total. The fraction of sp³-hybridized carbons (Fsp3) is 0.189. The molecule has 4 aromatic carbocycles. The first-order valence-electron chi connectivity index (χ1n) is 15.7. The largest absolute Gasteiger partial charge is 0.503 e. The Morgan fingerprint density at radius 2 is 1.54 bits per heavy atom. The van der Waals surface area contributed by atoms with E-state index in [9.17, 15) is 19.5 Å². The molecule has 1 aliphatic carbocycles. The Morgan fingerprint density at radius 1 is 0.860 bits per heavy atom. The Kier molecular flexibility index (Phi) is 7.81. The average molecular weight is 819 g/mol. The molecule has 2 fully saturated rings. The third-order valence-electron chi connectivity index (χ3n) is 10.1. The lowest BCUT2D eigenvalue weighted by molar-refractivity contribution is -0.124. The van der Waals surface area contributed by atoms with Crippen LogP contribution in [-0.4, -0.2) is 38.0 Å². The van der Waals surface area contributed by atoms with Crippen LogP contribution in [0, 0.1) is 5.92 Å². The van der Waals surface area contributed by atoms with E-state index in [-0.39, 0.29) is 28.9 Å². The minimum Gasteiger partial charge on any atom is -0.503 e. The van der Waals surface area contributed by atoms with Crippen molar-refractivity contribution in [1.29, 1.82) is 0 Å². The van der Waals surface area contributed by atoms with E-state index in [0.29, 0.717) is 37.6 Å². The summed E-state index contributed by atoms with van der Waals surface area (Å²) >= 11 is 13.6. The zero-order valence-electron chi connectivity index (χ0n) is 26.3. The van der Waals surface area contributed by atoms with Gasteiger partial charge in [0.1, 0.15) is 0 Å². The van der Waals surface area contributed by atoms with Gasteiger partial charge in [0.15, 0.2) is 11.5 Å². The van der Waals surface area contributed by atoms with Crippen LogP contribution < -0.4 is 21.0 Å². The van der Waals surface area contributed by atoms with Gasteiger partial charge in [0, 0.05) is 15.4 Å². The lowest BCUT2D eigenvalue weighted by Gasteiger charge is -2.49. The minimum atomic E-state index is -1.53. The van der Waals surface area contributed by atoms with E-state index in [1.165, 1.54) is 21.4 Å². The van der Waals surface area contributed by atoms with Crippen LogP contribution in [0.15, 0.2) is 121 Å². The van der Waals surface area contributed by atoms with Gasteiger partial charge in [0.05, 0.1) is 46.9 Å². The highest BCUT2D eigenvalue weighted by molar-refractivity contribution is 9.13. The summed E-state index contributed by atoms with van der Waals surface area (Å²) in [6.45, 7) is 0.0416. The number of aromatic hydroxyl groups is 1. The van der Waals surface area contributed by atoms with Crippen molar-refractivity contribution in [3.8, 4) is 17.2 Å². The standard InChI is InChI=1S/C37H27Br2ClN4O6/c1-50-28-18-25(30(38)31(39)32(28)45)29-24-15-16-41-35(48)43(22-12-6-3-7-13-22)36(49)44(41)27(24)19-26-33(46)42(23-14-8-11-21(40)17-23)34(47)37(26,29)20-9-4-2-5-10-20/h2-15,17-18,26-27,29,45H,16,19H2,1H3. The maximum atomic E-state index is 15.4. The summed E-state index contributed by atoms with van der Waals surface area (Å²) in [5.41, 5.74) is -0.0548. The number of allylic oxidation sites excluding steroid dienone is 2. The number of phenolic OH excluding ortho intramolecular Hbond substituents is 1. The molecule has 0 bridgehead atoms. The number of hydrogen-bond acceptors (Lipinski definition) is 6. The molecule has 3 aliphatic rings. The van der Waals surface area contributed by atoms with Crippen molar-refractivity contribution in [3.05, 3.63) is 149 Å². The number of hydrogen-bond donors (Lipinski definition) is 1. The van der Waals surface area contributed by atoms with Crippen molar-refractivity contribution >= 4 is 61.0 Å². The molecule has 50 heavy (non-hydrogen) atoms. The molecule has 5 aromatic rings. The number of fused-ring (bicyclic) bond motifs is 4. The van der Waals surface area contributed by atoms with Gasteiger partial charge >= 0.3 is 11.4 Å². The lowest BCUT2D eigenvalue weighted by Crippen LogP contribution is -2.53. The van der Waals surface area contributed by atoms with Crippen LogP contribution in [0.3, 0.4) is 0 Å². The summed E-state index contributed by atoms with van der Waals surface area (Å²) in [5.74, 6) is -2.81. The number of carbonyl (C=O) groups is 2.